The van der Waals surface area contributed by atoms with E-state index in [1.807, 2.05) is 48.5 Å². The minimum absolute atomic E-state index is 0.157. The summed E-state index contributed by atoms with van der Waals surface area (Å²) in [6.07, 6.45) is -2.09. The van der Waals surface area contributed by atoms with Crippen molar-refractivity contribution in [3.63, 3.8) is 0 Å². The van der Waals surface area contributed by atoms with E-state index in [1.165, 1.54) is 0 Å². The molecule has 8 heteroatoms. The maximum Gasteiger partial charge on any atom is 0.332 e. The molecule has 0 aromatic rings. The molecule has 0 bridgehead atoms. The van der Waals surface area contributed by atoms with Gasteiger partial charge in [-0.2, -0.15) is 0 Å². The molecule has 3 aliphatic heterocycles. The average Bonchev–Trinajstić information content (AvgIpc) is 2.91. The number of rotatable bonds is 4. The first kappa shape index (κ1) is 20.0. The molecule has 3 rings (SSSR count). The lowest BCUT2D eigenvalue weighted by molar-refractivity contribution is -0.243. The highest BCUT2D eigenvalue weighted by atomic mass is 16.9. The fraction of sp³-hybridized carbons (Fsp3) is 0.944. The lowest BCUT2D eigenvalue weighted by Crippen LogP contribution is -2.56. The van der Waals surface area contributed by atoms with E-state index in [0.717, 1.165) is 0 Å². The quantitative estimate of drug-likeness (QED) is 0.689. The first-order valence-corrected chi connectivity index (χ1v) is 9.02. The van der Waals surface area contributed by atoms with Crippen LogP contribution in [0.1, 0.15) is 48.5 Å². The van der Waals surface area contributed by atoms with Gasteiger partial charge >= 0.3 is 5.97 Å². The molecule has 26 heavy (non-hydrogen) atoms. The summed E-state index contributed by atoms with van der Waals surface area (Å²) in [4.78, 5) is 11.8. The fourth-order valence-corrected chi connectivity index (χ4v) is 3.46. The SMILES string of the molecule is CC(C)(C)OC(=O)COC[C@H]1O[C@@H]2OC(C)(C)O[C@@H]2[C@H]2OC(C)(C)O[C@H]21. The van der Waals surface area contributed by atoms with Crippen LogP contribution >= 0.6 is 0 Å². The fourth-order valence-electron chi connectivity index (χ4n) is 3.46. The minimum Gasteiger partial charge on any atom is -0.458 e. The van der Waals surface area contributed by atoms with Gasteiger partial charge in [0.25, 0.3) is 0 Å². The summed E-state index contributed by atoms with van der Waals surface area (Å²) in [5.74, 6) is -1.94. The van der Waals surface area contributed by atoms with Gasteiger partial charge in [0, 0.05) is 0 Å². The molecule has 3 aliphatic rings. The second kappa shape index (κ2) is 6.68. The standard InChI is InChI=1S/C18H30O8/c1-16(2,3)22-11(19)9-20-8-10-12-13(24-17(4,5)23-12)14-15(21-10)26-18(6,7)25-14/h10,12-15H,8-9H2,1-7H3/t10-,12+,13+,14-,15-/m1/s1. The Morgan fingerprint density at radius 1 is 0.923 bits per heavy atom. The molecule has 0 saturated carbocycles. The molecule has 150 valence electrons. The monoisotopic (exact) mass is 374 g/mol. The van der Waals surface area contributed by atoms with Crippen LogP contribution in [0.15, 0.2) is 0 Å². The third kappa shape index (κ3) is 4.55. The summed E-state index contributed by atoms with van der Waals surface area (Å²) in [6, 6.07) is 0. The zero-order valence-corrected chi connectivity index (χ0v) is 16.6. The average molecular weight is 374 g/mol. The van der Waals surface area contributed by atoms with Crippen molar-refractivity contribution < 1.29 is 38.0 Å². The molecule has 0 amide bonds. The number of hydrogen-bond donors (Lipinski definition) is 0. The molecule has 3 heterocycles. The van der Waals surface area contributed by atoms with Gasteiger partial charge in [-0.1, -0.05) is 0 Å². The van der Waals surface area contributed by atoms with Crippen LogP contribution in [0.3, 0.4) is 0 Å². The van der Waals surface area contributed by atoms with Crippen LogP contribution in [-0.2, 0) is 38.0 Å². The highest BCUT2D eigenvalue weighted by Gasteiger charge is 2.60. The molecule has 0 unspecified atom stereocenters. The van der Waals surface area contributed by atoms with E-state index in [0.29, 0.717) is 0 Å². The molecule has 0 aromatic carbocycles. The summed E-state index contributed by atoms with van der Waals surface area (Å²) in [5.41, 5.74) is -0.548. The van der Waals surface area contributed by atoms with Gasteiger partial charge in [-0.3, -0.25) is 0 Å². The first-order chi connectivity index (χ1) is 11.9. The number of hydrogen-bond acceptors (Lipinski definition) is 8. The van der Waals surface area contributed by atoms with Crippen molar-refractivity contribution in [2.45, 2.75) is 96.3 Å². The molecular formula is C18H30O8. The summed E-state index contributed by atoms with van der Waals surface area (Å²) in [7, 11) is 0. The van der Waals surface area contributed by atoms with Gasteiger partial charge in [0.2, 0.25) is 0 Å². The Bertz CT molecular complexity index is 538. The maximum atomic E-state index is 11.8. The highest BCUT2D eigenvalue weighted by molar-refractivity contribution is 5.71. The van der Waals surface area contributed by atoms with Crippen molar-refractivity contribution in [3.8, 4) is 0 Å². The summed E-state index contributed by atoms with van der Waals surface area (Å²) < 4.78 is 40.6. The Morgan fingerprint density at radius 2 is 1.50 bits per heavy atom. The molecule has 8 nitrogen and oxygen atoms in total. The number of ether oxygens (including phenoxy) is 7. The van der Waals surface area contributed by atoms with Crippen molar-refractivity contribution in [3.05, 3.63) is 0 Å². The second-order valence-electron chi connectivity index (χ2n) is 8.81. The van der Waals surface area contributed by atoms with Crippen LogP contribution in [0.4, 0.5) is 0 Å². The number of carbonyl (C=O) groups excluding carboxylic acids is 1. The molecule has 0 spiro atoms. The van der Waals surface area contributed by atoms with E-state index in [-0.39, 0.29) is 31.5 Å². The molecule has 3 saturated heterocycles. The Hall–Kier alpha value is -0.770. The van der Waals surface area contributed by atoms with E-state index in [4.69, 9.17) is 33.2 Å². The van der Waals surface area contributed by atoms with Crippen molar-refractivity contribution >= 4 is 5.97 Å². The van der Waals surface area contributed by atoms with Crippen molar-refractivity contribution in [1.29, 1.82) is 0 Å². The van der Waals surface area contributed by atoms with Crippen molar-refractivity contribution in [2.75, 3.05) is 13.2 Å². The van der Waals surface area contributed by atoms with Crippen LogP contribution in [-0.4, -0.2) is 67.1 Å². The normalized spacial score (nSPS) is 37.9. The van der Waals surface area contributed by atoms with Crippen LogP contribution in [0.5, 0.6) is 0 Å². The van der Waals surface area contributed by atoms with E-state index in [9.17, 15) is 4.79 Å². The van der Waals surface area contributed by atoms with Crippen LogP contribution in [0.25, 0.3) is 0 Å². The molecule has 0 aliphatic carbocycles. The molecule has 0 N–H and O–H groups in total. The van der Waals surface area contributed by atoms with Gasteiger partial charge in [0.15, 0.2) is 17.9 Å². The smallest absolute Gasteiger partial charge is 0.332 e. The Kier molecular flexibility index (Phi) is 5.14. The summed E-state index contributed by atoms with van der Waals surface area (Å²) >= 11 is 0. The highest BCUT2D eigenvalue weighted by Crippen LogP contribution is 2.44. The lowest BCUT2D eigenvalue weighted by atomic mass is 9.99. The minimum atomic E-state index is -0.762. The number of fused-ring (bicyclic) bond motifs is 3. The van der Waals surface area contributed by atoms with Crippen molar-refractivity contribution in [2.24, 2.45) is 0 Å². The molecular weight excluding hydrogens is 344 g/mol. The zero-order valence-electron chi connectivity index (χ0n) is 16.6. The van der Waals surface area contributed by atoms with Gasteiger partial charge in [0.05, 0.1) is 6.61 Å². The van der Waals surface area contributed by atoms with Gasteiger partial charge < -0.3 is 33.2 Å². The van der Waals surface area contributed by atoms with E-state index >= 15 is 0 Å². The van der Waals surface area contributed by atoms with Crippen LogP contribution in [0, 0.1) is 0 Å². The van der Waals surface area contributed by atoms with E-state index < -0.39 is 35.5 Å². The molecule has 0 aromatic heterocycles. The predicted molar refractivity (Wildman–Crippen MR) is 89.2 cm³/mol. The second-order valence-corrected chi connectivity index (χ2v) is 8.81. The van der Waals surface area contributed by atoms with Crippen LogP contribution < -0.4 is 0 Å². The summed E-state index contributed by atoms with van der Waals surface area (Å²) in [6.45, 7) is 12.8. The van der Waals surface area contributed by atoms with E-state index in [1.54, 1.807) is 0 Å². The largest absolute Gasteiger partial charge is 0.458 e. The number of esters is 1. The molecule has 5 atom stereocenters. The third-order valence-corrected chi connectivity index (χ3v) is 4.17. The first-order valence-electron chi connectivity index (χ1n) is 9.02. The van der Waals surface area contributed by atoms with Gasteiger partial charge in [-0.25, -0.2) is 4.79 Å². The topological polar surface area (TPSA) is 81.7 Å². The van der Waals surface area contributed by atoms with Gasteiger partial charge in [-0.05, 0) is 48.5 Å². The Labute approximate surface area is 154 Å². The Balaban J connectivity index is 1.61. The molecule has 3 fully saturated rings. The van der Waals surface area contributed by atoms with Gasteiger partial charge in [0.1, 0.15) is 36.6 Å². The van der Waals surface area contributed by atoms with Crippen molar-refractivity contribution in [1.82, 2.24) is 0 Å². The van der Waals surface area contributed by atoms with E-state index in [2.05, 4.69) is 0 Å². The molecule has 0 radical (unpaired) electrons. The van der Waals surface area contributed by atoms with Gasteiger partial charge in [-0.15, -0.1) is 0 Å². The Morgan fingerprint density at radius 3 is 2.15 bits per heavy atom. The van der Waals surface area contributed by atoms with Crippen LogP contribution in [0.2, 0.25) is 0 Å². The predicted octanol–water partition coefficient (Wildman–Crippen LogP) is 1.74. The zero-order chi connectivity index (χ0) is 19.3. The maximum absolute atomic E-state index is 11.8. The third-order valence-electron chi connectivity index (χ3n) is 4.17. The summed E-state index contributed by atoms with van der Waals surface area (Å²) in [5, 5.41) is 0. The number of carbonyl (C=O) groups is 1. The lowest BCUT2D eigenvalue weighted by Gasteiger charge is -2.37.